The van der Waals surface area contributed by atoms with Crippen molar-refractivity contribution >= 4 is 17.7 Å². The van der Waals surface area contributed by atoms with Gasteiger partial charge in [0, 0.05) is 57.5 Å². The van der Waals surface area contributed by atoms with Gasteiger partial charge in [-0.3, -0.25) is 9.79 Å². The molecular weight excluding hydrogens is 332 g/mol. The van der Waals surface area contributed by atoms with Crippen LogP contribution in [0, 0.1) is 5.92 Å². The van der Waals surface area contributed by atoms with Gasteiger partial charge in [-0.15, -0.1) is 0 Å². The van der Waals surface area contributed by atoms with Crippen molar-refractivity contribution in [3.8, 4) is 0 Å². The molecule has 2 heterocycles. The number of amides is 1. The normalized spacial score (nSPS) is 17.0. The topological polar surface area (TPSA) is 105 Å². The Morgan fingerprint density at radius 2 is 2.23 bits per heavy atom. The maximum Gasteiger partial charge on any atom is 0.220 e. The number of nitrogens with two attached hydrogens (primary N) is 1. The molecule has 26 heavy (non-hydrogen) atoms. The van der Waals surface area contributed by atoms with Crippen LogP contribution < -0.4 is 21.3 Å². The Labute approximate surface area is 155 Å². The highest BCUT2D eigenvalue weighted by molar-refractivity contribution is 5.80. The molecule has 1 aromatic rings. The number of piperidine rings is 1. The van der Waals surface area contributed by atoms with E-state index in [0.29, 0.717) is 13.2 Å². The first-order valence-electron chi connectivity index (χ1n) is 8.99. The van der Waals surface area contributed by atoms with Crippen LogP contribution >= 0.6 is 0 Å². The minimum Gasteiger partial charge on any atom is -0.383 e. The van der Waals surface area contributed by atoms with E-state index in [0.717, 1.165) is 43.3 Å². The number of ether oxygens (including phenoxy) is 1. The average Bonchev–Trinajstić information content (AvgIpc) is 2.65. The zero-order valence-electron chi connectivity index (χ0n) is 15.9. The van der Waals surface area contributed by atoms with Gasteiger partial charge in [0.25, 0.3) is 0 Å². The summed E-state index contributed by atoms with van der Waals surface area (Å²) in [6, 6.07) is 4.15. The fraction of sp³-hybridized carbons (Fsp3) is 0.611. The predicted octanol–water partition coefficient (Wildman–Crippen LogP) is 0.483. The summed E-state index contributed by atoms with van der Waals surface area (Å²) in [4.78, 5) is 22.4. The van der Waals surface area contributed by atoms with Crippen LogP contribution in [0.25, 0.3) is 0 Å². The van der Waals surface area contributed by atoms with E-state index in [4.69, 9.17) is 10.5 Å². The van der Waals surface area contributed by atoms with Crippen LogP contribution in [0.15, 0.2) is 23.3 Å². The van der Waals surface area contributed by atoms with Gasteiger partial charge in [0.2, 0.25) is 5.91 Å². The van der Waals surface area contributed by atoms with E-state index in [2.05, 4.69) is 31.6 Å². The molecule has 8 heteroatoms. The van der Waals surface area contributed by atoms with Gasteiger partial charge in [-0.25, -0.2) is 4.98 Å². The van der Waals surface area contributed by atoms with Gasteiger partial charge < -0.3 is 26.0 Å². The van der Waals surface area contributed by atoms with Crippen LogP contribution in [0.5, 0.6) is 0 Å². The number of hydrogen-bond acceptors (Lipinski definition) is 5. The zero-order chi connectivity index (χ0) is 18.9. The molecule has 1 aliphatic heterocycles. The molecule has 0 radical (unpaired) electrons. The number of primary amides is 1. The van der Waals surface area contributed by atoms with Crippen LogP contribution in [-0.4, -0.2) is 56.7 Å². The number of anilines is 1. The largest absolute Gasteiger partial charge is 0.383 e. The van der Waals surface area contributed by atoms with Gasteiger partial charge in [-0.2, -0.15) is 0 Å². The van der Waals surface area contributed by atoms with Gasteiger partial charge in [0.1, 0.15) is 5.82 Å². The molecule has 0 bridgehead atoms. The molecule has 1 unspecified atom stereocenters. The van der Waals surface area contributed by atoms with Crippen LogP contribution in [0.3, 0.4) is 0 Å². The summed E-state index contributed by atoms with van der Waals surface area (Å²) in [6.45, 7) is 4.83. The molecule has 2 rings (SSSR count). The molecule has 1 aromatic heterocycles. The number of nitrogens with zero attached hydrogens (tertiary/aromatic N) is 3. The average molecular weight is 362 g/mol. The van der Waals surface area contributed by atoms with Crippen molar-refractivity contribution in [2.75, 3.05) is 38.8 Å². The first kappa shape index (κ1) is 20.0. The van der Waals surface area contributed by atoms with Crippen molar-refractivity contribution in [2.45, 2.75) is 32.4 Å². The second-order valence-corrected chi connectivity index (χ2v) is 6.58. The molecular formula is C18H30N6O2. The number of nitrogens with one attached hydrogen (secondary N) is 2. The lowest BCUT2D eigenvalue weighted by atomic mass is 9.96. The highest BCUT2D eigenvalue weighted by Gasteiger charge is 2.24. The molecule has 1 aliphatic rings. The molecule has 0 saturated carbocycles. The van der Waals surface area contributed by atoms with E-state index in [-0.39, 0.29) is 17.9 Å². The fourth-order valence-corrected chi connectivity index (χ4v) is 3.13. The highest BCUT2D eigenvalue weighted by Crippen LogP contribution is 2.24. The number of rotatable bonds is 7. The van der Waals surface area contributed by atoms with Crippen molar-refractivity contribution in [2.24, 2.45) is 16.6 Å². The lowest BCUT2D eigenvalue weighted by molar-refractivity contribution is -0.122. The Morgan fingerprint density at radius 1 is 1.50 bits per heavy atom. The fourth-order valence-electron chi connectivity index (χ4n) is 3.13. The van der Waals surface area contributed by atoms with Gasteiger partial charge >= 0.3 is 0 Å². The summed E-state index contributed by atoms with van der Waals surface area (Å²) in [5.74, 6) is 1.44. The lowest BCUT2D eigenvalue weighted by Crippen LogP contribution is -2.44. The third kappa shape index (κ3) is 5.59. The summed E-state index contributed by atoms with van der Waals surface area (Å²) < 4.78 is 5.14. The predicted molar refractivity (Wildman–Crippen MR) is 103 cm³/mol. The maximum atomic E-state index is 11.4. The maximum absolute atomic E-state index is 11.4. The molecule has 1 saturated heterocycles. The van der Waals surface area contributed by atoms with Crippen molar-refractivity contribution in [3.63, 3.8) is 0 Å². The van der Waals surface area contributed by atoms with Gasteiger partial charge in [-0.05, 0) is 25.8 Å². The Morgan fingerprint density at radius 3 is 2.85 bits per heavy atom. The van der Waals surface area contributed by atoms with Crippen molar-refractivity contribution in [3.05, 3.63) is 23.9 Å². The van der Waals surface area contributed by atoms with Gasteiger partial charge in [0.15, 0.2) is 5.96 Å². The molecule has 1 fully saturated rings. The number of hydrogen-bond donors (Lipinski definition) is 3. The number of pyridine rings is 1. The van der Waals surface area contributed by atoms with Crippen LogP contribution in [0.4, 0.5) is 5.82 Å². The van der Waals surface area contributed by atoms with E-state index in [1.807, 2.05) is 13.0 Å². The molecule has 8 nitrogen and oxygen atoms in total. The monoisotopic (exact) mass is 362 g/mol. The van der Waals surface area contributed by atoms with E-state index < -0.39 is 0 Å². The molecule has 0 aromatic carbocycles. The van der Waals surface area contributed by atoms with E-state index >= 15 is 0 Å². The minimum atomic E-state index is -0.201. The third-order valence-corrected chi connectivity index (χ3v) is 4.53. The second-order valence-electron chi connectivity index (χ2n) is 6.58. The summed E-state index contributed by atoms with van der Waals surface area (Å²) in [5, 5.41) is 6.61. The Balaban J connectivity index is 1.97. The Hall–Kier alpha value is -2.35. The third-order valence-electron chi connectivity index (χ3n) is 4.53. The number of aromatic nitrogens is 1. The lowest BCUT2D eigenvalue weighted by Gasteiger charge is -2.32. The van der Waals surface area contributed by atoms with Crippen LogP contribution in [-0.2, 0) is 16.1 Å². The zero-order valence-corrected chi connectivity index (χ0v) is 15.9. The smallest absolute Gasteiger partial charge is 0.220 e. The number of methoxy groups -OCH3 is 1. The second kappa shape index (κ2) is 9.96. The number of carbonyl (C=O) groups excluding carboxylic acids is 1. The molecule has 1 atom stereocenters. The van der Waals surface area contributed by atoms with E-state index in [1.165, 1.54) is 0 Å². The van der Waals surface area contributed by atoms with Crippen molar-refractivity contribution < 1.29 is 9.53 Å². The number of carbonyl (C=O) groups is 1. The van der Waals surface area contributed by atoms with Gasteiger partial charge in [-0.1, -0.05) is 6.07 Å². The molecule has 0 aliphatic carbocycles. The first-order valence-corrected chi connectivity index (χ1v) is 8.99. The summed E-state index contributed by atoms with van der Waals surface area (Å²) in [7, 11) is 3.42. The summed E-state index contributed by atoms with van der Waals surface area (Å²) in [5.41, 5.74) is 6.52. The quantitative estimate of drug-likeness (QED) is 0.481. The molecule has 0 spiro atoms. The minimum absolute atomic E-state index is 0.0261. The standard InChI is InChI=1S/C18H30N6O2/c1-13(12-26-3)23-18(20-2)22-11-15-5-4-8-21-17(15)24-9-6-14(7-10-24)16(19)25/h4-5,8,13-14H,6-7,9-12H2,1-3H3,(H2,19,25)(H2,20,22,23). The van der Waals surface area contributed by atoms with Gasteiger partial charge in [0.05, 0.1) is 6.61 Å². The van der Waals surface area contributed by atoms with E-state index in [1.54, 1.807) is 20.4 Å². The number of aliphatic imine (C=N–C) groups is 1. The first-order chi connectivity index (χ1) is 12.5. The van der Waals surface area contributed by atoms with Crippen molar-refractivity contribution in [1.82, 2.24) is 15.6 Å². The molecule has 1 amide bonds. The summed E-state index contributed by atoms with van der Waals surface area (Å²) >= 11 is 0. The summed E-state index contributed by atoms with van der Waals surface area (Å²) in [6.07, 6.45) is 3.35. The van der Waals surface area contributed by atoms with Crippen LogP contribution in [0.1, 0.15) is 25.3 Å². The van der Waals surface area contributed by atoms with Crippen LogP contribution in [0.2, 0.25) is 0 Å². The molecule has 144 valence electrons. The van der Waals surface area contributed by atoms with Crippen molar-refractivity contribution in [1.29, 1.82) is 0 Å². The van der Waals surface area contributed by atoms with E-state index in [9.17, 15) is 4.79 Å². The molecule has 4 N–H and O–H groups in total. The highest BCUT2D eigenvalue weighted by atomic mass is 16.5. The SMILES string of the molecule is CN=C(NCc1cccnc1N1CCC(C(N)=O)CC1)NC(C)COC. The Kier molecular flexibility index (Phi) is 7.65. The Bertz CT molecular complexity index is 613. The number of guanidine groups is 1.